The Labute approximate surface area is 121 Å². The van der Waals surface area contributed by atoms with Crippen LogP contribution in [-0.4, -0.2) is 14.7 Å². The van der Waals surface area contributed by atoms with Gasteiger partial charge < -0.3 is 0 Å². The SMILES string of the molecule is CC(Br)Cc1c([N+](=O)[O-])cnc2ccc(Br)cc12. The van der Waals surface area contributed by atoms with E-state index >= 15 is 0 Å². The van der Waals surface area contributed by atoms with Crippen LogP contribution in [-0.2, 0) is 6.42 Å². The maximum absolute atomic E-state index is 11.1. The van der Waals surface area contributed by atoms with Gasteiger partial charge in [0.15, 0.2) is 0 Å². The van der Waals surface area contributed by atoms with Crippen molar-refractivity contribution in [3.63, 3.8) is 0 Å². The predicted molar refractivity (Wildman–Crippen MR) is 78.2 cm³/mol. The molecule has 0 N–H and O–H groups in total. The number of alkyl halides is 1. The number of rotatable bonds is 3. The molecule has 0 spiro atoms. The van der Waals surface area contributed by atoms with Crippen molar-refractivity contribution < 1.29 is 4.92 Å². The van der Waals surface area contributed by atoms with Crippen molar-refractivity contribution in [2.75, 3.05) is 0 Å². The zero-order valence-corrected chi connectivity index (χ0v) is 12.7. The predicted octanol–water partition coefficient (Wildman–Crippen LogP) is 4.23. The molecular weight excluding hydrogens is 364 g/mol. The maximum Gasteiger partial charge on any atom is 0.291 e. The van der Waals surface area contributed by atoms with Gasteiger partial charge in [0.05, 0.1) is 10.4 Å². The van der Waals surface area contributed by atoms with Gasteiger partial charge in [0.2, 0.25) is 0 Å². The molecule has 4 nitrogen and oxygen atoms in total. The standard InChI is InChI=1S/C12H10Br2N2O2/c1-7(13)4-10-9-5-8(14)2-3-11(9)15-6-12(10)16(17)18/h2-3,5-7H,4H2,1H3. The van der Waals surface area contributed by atoms with E-state index in [9.17, 15) is 10.1 Å². The summed E-state index contributed by atoms with van der Waals surface area (Å²) in [5.41, 5.74) is 1.56. The zero-order valence-electron chi connectivity index (χ0n) is 9.56. The molecule has 0 radical (unpaired) electrons. The van der Waals surface area contributed by atoms with Gasteiger partial charge in [-0.1, -0.05) is 38.8 Å². The number of hydrogen-bond acceptors (Lipinski definition) is 3. The maximum atomic E-state index is 11.1. The quantitative estimate of drug-likeness (QED) is 0.459. The molecule has 6 heteroatoms. The normalized spacial score (nSPS) is 12.6. The lowest BCUT2D eigenvalue weighted by Gasteiger charge is -2.08. The molecule has 2 rings (SSSR count). The molecule has 1 atom stereocenters. The number of pyridine rings is 1. The van der Waals surface area contributed by atoms with Gasteiger partial charge >= 0.3 is 0 Å². The molecule has 18 heavy (non-hydrogen) atoms. The second kappa shape index (κ2) is 5.32. The van der Waals surface area contributed by atoms with E-state index < -0.39 is 0 Å². The summed E-state index contributed by atoms with van der Waals surface area (Å²) in [7, 11) is 0. The van der Waals surface area contributed by atoms with Gasteiger partial charge in [0.1, 0.15) is 6.20 Å². The number of benzene rings is 1. The Bertz CT molecular complexity index is 614. The lowest BCUT2D eigenvalue weighted by molar-refractivity contribution is -0.385. The first-order valence-corrected chi connectivity index (χ1v) is 7.05. The Balaban J connectivity index is 2.74. The minimum absolute atomic E-state index is 0.0758. The fraction of sp³-hybridized carbons (Fsp3) is 0.250. The molecule has 0 amide bonds. The molecule has 0 aliphatic rings. The van der Waals surface area contributed by atoms with E-state index in [0.29, 0.717) is 6.42 Å². The molecule has 1 aromatic carbocycles. The molecule has 0 bridgehead atoms. The van der Waals surface area contributed by atoms with Crippen molar-refractivity contribution in [1.29, 1.82) is 0 Å². The third-order valence-corrected chi connectivity index (χ3v) is 3.42. The van der Waals surface area contributed by atoms with E-state index in [0.717, 1.165) is 20.9 Å². The van der Waals surface area contributed by atoms with Crippen LogP contribution in [0.15, 0.2) is 28.9 Å². The number of nitrogens with zero attached hydrogens (tertiary/aromatic N) is 2. The lowest BCUT2D eigenvalue weighted by atomic mass is 10.0. The fourth-order valence-corrected chi connectivity index (χ4v) is 2.55. The monoisotopic (exact) mass is 372 g/mol. The highest BCUT2D eigenvalue weighted by Crippen LogP contribution is 2.30. The van der Waals surface area contributed by atoms with E-state index in [1.807, 2.05) is 25.1 Å². The Morgan fingerprint density at radius 3 is 2.83 bits per heavy atom. The van der Waals surface area contributed by atoms with Crippen LogP contribution < -0.4 is 0 Å². The molecule has 1 aromatic heterocycles. The third-order valence-electron chi connectivity index (χ3n) is 2.60. The number of halogens is 2. The summed E-state index contributed by atoms with van der Waals surface area (Å²) in [6, 6.07) is 5.61. The number of aromatic nitrogens is 1. The smallest absolute Gasteiger partial charge is 0.258 e. The minimum Gasteiger partial charge on any atom is -0.258 e. The van der Waals surface area contributed by atoms with Gasteiger partial charge in [-0.05, 0) is 24.6 Å². The van der Waals surface area contributed by atoms with E-state index in [4.69, 9.17) is 0 Å². The second-order valence-corrected chi connectivity index (χ2v) is 6.50. The number of hydrogen-bond donors (Lipinski definition) is 0. The van der Waals surface area contributed by atoms with Crippen molar-refractivity contribution in [3.8, 4) is 0 Å². The van der Waals surface area contributed by atoms with E-state index in [1.54, 1.807) is 0 Å². The highest BCUT2D eigenvalue weighted by Gasteiger charge is 2.19. The first kappa shape index (κ1) is 13.4. The van der Waals surface area contributed by atoms with E-state index in [2.05, 4.69) is 36.8 Å². The molecule has 1 heterocycles. The zero-order chi connectivity index (χ0) is 13.3. The Morgan fingerprint density at radius 1 is 1.50 bits per heavy atom. The molecular formula is C12H10Br2N2O2. The van der Waals surface area contributed by atoms with Gasteiger partial charge in [-0.25, -0.2) is 4.98 Å². The van der Waals surface area contributed by atoms with Gasteiger partial charge in [0.25, 0.3) is 5.69 Å². The third kappa shape index (κ3) is 2.70. The number of nitro groups is 1. The Kier molecular flexibility index (Phi) is 3.97. The summed E-state index contributed by atoms with van der Waals surface area (Å²) in [5, 5.41) is 11.9. The summed E-state index contributed by atoms with van der Waals surface area (Å²) < 4.78 is 0.890. The summed E-state index contributed by atoms with van der Waals surface area (Å²) in [6.07, 6.45) is 1.92. The topological polar surface area (TPSA) is 56.0 Å². The first-order chi connectivity index (χ1) is 8.49. The molecule has 0 aliphatic carbocycles. The molecule has 94 valence electrons. The van der Waals surface area contributed by atoms with Crippen LogP contribution >= 0.6 is 31.9 Å². The van der Waals surface area contributed by atoms with Crippen molar-refractivity contribution in [2.24, 2.45) is 0 Å². The van der Waals surface area contributed by atoms with Crippen molar-refractivity contribution in [3.05, 3.63) is 44.5 Å². The molecule has 0 saturated carbocycles. The summed E-state index contributed by atoms with van der Waals surface area (Å²) in [4.78, 5) is 15.0. The average Bonchev–Trinajstić information content (AvgIpc) is 2.28. The van der Waals surface area contributed by atoms with Crippen LogP contribution in [0.4, 0.5) is 5.69 Å². The molecule has 2 aromatic rings. The van der Waals surface area contributed by atoms with Gasteiger partial charge in [-0.2, -0.15) is 0 Å². The molecule has 0 aliphatic heterocycles. The summed E-state index contributed by atoms with van der Waals surface area (Å²) in [5.74, 6) is 0. The fourth-order valence-electron chi connectivity index (χ4n) is 1.86. The largest absolute Gasteiger partial charge is 0.291 e. The Morgan fingerprint density at radius 2 is 2.22 bits per heavy atom. The lowest BCUT2D eigenvalue weighted by Crippen LogP contribution is -2.03. The van der Waals surface area contributed by atoms with Gasteiger partial charge in [-0.3, -0.25) is 10.1 Å². The van der Waals surface area contributed by atoms with Crippen LogP contribution in [0.25, 0.3) is 10.9 Å². The molecule has 1 unspecified atom stereocenters. The highest BCUT2D eigenvalue weighted by molar-refractivity contribution is 9.10. The summed E-state index contributed by atoms with van der Waals surface area (Å²) >= 11 is 6.83. The van der Waals surface area contributed by atoms with E-state index in [-0.39, 0.29) is 15.4 Å². The second-order valence-electron chi connectivity index (χ2n) is 4.03. The molecule has 0 fully saturated rings. The van der Waals surface area contributed by atoms with Gasteiger partial charge in [0, 0.05) is 20.2 Å². The van der Waals surface area contributed by atoms with Gasteiger partial charge in [-0.15, -0.1) is 0 Å². The van der Waals surface area contributed by atoms with Crippen LogP contribution in [0.1, 0.15) is 12.5 Å². The first-order valence-electron chi connectivity index (χ1n) is 5.34. The summed E-state index contributed by atoms with van der Waals surface area (Å²) in [6.45, 7) is 1.97. The molecule has 0 saturated heterocycles. The van der Waals surface area contributed by atoms with Crippen molar-refractivity contribution >= 4 is 48.5 Å². The number of fused-ring (bicyclic) bond motifs is 1. The van der Waals surface area contributed by atoms with Crippen LogP contribution in [0, 0.1) is 10.1 Å². The minimum atomic E-state index is -0.377. The van der Waals surface area contributed by atoms with Crippen molar-refractivity contribution in [1.82, 2.24) is 4.98 Å². The van der Waals surface area contributed by atoms with Crippen LogP contribution in [0.2, 0.25) is 0 Å². The average molecular weight is 374 g/mol. The van der Waals surface area contributed by atoms with Crippen LogP contribution in [0.3, 0.4) is 0 Å². The van der Waals surface area contributed by atoms with Crippen molar-refractivity contribution in [2.45, 2.75) is 18.2 Å². The van der Waals surface area contributed by atoms with E-state index in [1.165, 1.54) is 6.20 Å². The van der Waals surface area contributed by atoms with Crippen LogP contribution in [0.5, 0.6) is 0 Å². The highest BCUT2D eigenvalue weighted by atomic mass is 79.9. The Hall–Kier alpha value is -1.01.